The van der Waals surface area contributed by atoms with Crippen LogP contribution in [0, 0.1) is 0 Å². The fourth-order valence-corrected chi connectivity index (χ4v) is 2.55. The first-order chi connectivity index (χ1) is 9.40. The normalized spacial score (nSPS) is 18.6. The van der Waals surface area contributed by atoms with Crippen LogP contribution in [0.4, 0.5) is 4.79 Å². The molecule has 0 spiro atoms. The average Bonchev–Trinajstić information content (AvgIpc) is 2.66. The second kappa shape index (κ2) is 5.38. The van der Waals surface area contributed by atoms with Crippen LogP contribution in [-0.2, 0) is 9.59 Å². The molecule has 1 atom stereocenters. The molecule has 2 amide bonds. The Morgan fingerprint density at radius 3 is 2.45 bits per heavy atom. The topological polar surface area (TPSA) is 94.9 Å². The van der Waals surface area contributed by atoms with Gasteiger partial charge in [-0.05, 0) is 42.5 Å². The maximum absolute atomic E-state index is 12.0. The van der Waals surface area contributed by atoms with Gasteiger partial charge in [0.15, 0.2) is 0 Å². The molecule has 0 aliphatic carbocycles. The highest BCUT2D eigenvalue weighted by Crippen LogP contribution is 2.33. The minimum absolute atomic E-state index is 0.0924. The van der Waals surface area contributed by atoms with Gasteiger partial charge >= 0.3 is 5.97 Å². The summed E-state index contributed by atoms with van der Waals surface area (Å²) in [7, 11) is 0. The SMILES string of the molecule is C[C@@H](C(=O)O)N1C(=O)S/C(=C/c2ccc(O)cc2)C1=O. The van der Waals surface area contributed by atoms with Crippen molar-refractivity contribution in [2.24, 2.45) is 0 Å². The highest BCUT2D eigenvalue weighted by Gasteiger charge is 2.40. The molecule has 0 aromatic heterocycles. The first-order valence-corrected chi connectivity index (χ1v) is 6.50. The van der Waals surface area contributed by atoms with Crippen molar-refractivity contribution in [1.29, 1.82) is 0 Å². The van der Waals surface area contributed by atoms with Crippen molar-refractivity contribution in [3.63, 3.8) is 0 Å². The number of carboxylic acids is 1. The third kappa shape index (κ3) is 2.67. The quantitative estimate of drug-likeness (QED) is 0.826. The number of aromatic hydroxyl groups is 1. The van der Waals surface area contributed by atoms with Crippen molar-refractivity contribution in [2.75, 3.05) is 0 Å². The van der Waals surface area contributed by atoms with Crippen LogP contribution in [-0.4, -0.2) is 38.3 Å². The van der Waals surface area contributed by atoms with Crippen molar-refractivity contribution in [3.8, 4) is 5.75 Å². The summed E-state index contributed by atoms with van der Waals surface area (Å²) in [6.07, 6.45) is 1.49. The maximum atomic E-state index is 12.0. The number of hydrogen-bond donors (Lipinski definition) is 2. The lowest BCUT2D eigenvalue weighted by Crippen LogP contribution is -2.41. The number of thioether (sulfide) groups is 1. The zero-order chi connectivity index (χ0) is 14.9. The largest absolute Gasteiger partial charge is 0.508 e. The highest BCUT2D eigenvalue weighted by atomic mass is 32.2. The predicted molar refractivity (Wildman–Crippen MR) is 73.0 cm³/mol. The van der Waals surface area contributed by atoms with Gasteiger partial charge in [0, 0.05) is 0 Å². The van der Waals surface area contributed by atoms with E-state index in [4.69, 9.17) is 10.2 Å². The van der Waals surface area contributed by atoms with E-state index in [1.807, 2.05) is 0 Å². The number of rotatable bonds is 3. The fourth-order valence-electron chi connectivity index (χ4n) is 1.65. The Hall–Kier alpha value is -2.28. The number of carbonyl (C=O) groups is 3. The zero-order valence-electron chi connectivity index (χ0n) is 10.4. The summed E-state index contributed by atoms with van der Waals surface area (Å²) in [6, 6.07) is 4.88. The number of phenolic OH excluding ortho intramolecular Hbond substituents is 1. The molecule has 2 rings (SSSR count). The number of aliphatic carboxylic acids is 1. The Labute approximate surface area is 118 Å². The number of imide groups is 1. The summed E-state index contributed by atoms with van der Waals surface area (Å²) in [5.41, 5.74) is 0.635. The summed E-state index contributed by atoms with van der Waals surface area (Å²) < 4.78 is 0. The monoisotopic (exact) mass is 293 g/mol. The van der Waals surface area contributed by atoms with Gasteiger partial charge in [0.2, 0.25) is 0 Å². The Morgan fingerprint density at radius 1 is 1.30 bits per heavy atom. The van der Waals surface area contributed by atoms with E-state index in [9.17, 15) is 14.4 Å². The Kier molecular flexibility index (Phi) is 3.80. The van der Waals surface area contributed by atoms with Crippen LogP contribution >= 0.6 is 11.8 Å². The van der Waals surface area contributed by atoms with Crippen LogP contribution in [0.2, 0.25) is 0 Å². The van der Waals surface area contributed by atoms with Gasteiger partial charge in [-0.25, -0.2) is 4.79 Å². The highest BCUT2D eigenvalue weighted by molar-refractivity contribution is 8.18. The first kappa shape index (κ1) is 14.1. The Morgan fingerprint density at radius 2 is 1.90 bits per heavy atom. The number of carbonyl (C=O) groups excluding carboxylic acids is 2. The lowest BCUT2D eigenvalue weighted by atomic mass is 10.2. The molecule has 104 valence electrons. The minimum atomic E-state index is -1.24. The molecule has 0 bridgehead atoms. The molecule has 1 saturated heterocycles. The van der Waals surface area contributed by atoms with Crippen molar-refractivity contribution < 1.29 is 24.6 Å². The molecule has 7 heteroatoms. The van der Waals surface area contributed by atoms with Gasteiger partial charge in [-0.3, -0.25) is 14.5 Å². The molecule has 1 aliphatic rings. The van der Waals surface area contributed by atoms with Crippen molar-refractivity contribution >= 4 is 35.0 Å². The van der Waals surface area contributed by atoms with Crippen molar-refractivity contribution in [2.45, 2.75) is 13.0 Å². The van der Waals surface area contributed by atoms with Gasteiger partial charge in [-0.2, -0.15) is 0 Å². The summed E-state index contributed by atoms with van der Waals surface area (Å²) in [6.45, 7) is 1.28. The number of nitrogens with zero attached hydrogens (tertiary/aromatic N) is 1. The van der Waals surface area contributed by atoms with Gasteiger partial charge in [-0.1, -0.05) is 12.1 Å². The van der Waals surface area contributed by atoms with Crippen LogP contribution in [0.3, 0.4) is 0 Å². The van der Waals surface area contributed by atoms with Gasteiger partial charge < -0.3 is 10.2 Å². The van der Waals surface area contributed by atoms with E-state index in [-0.39, 0.29) is 10.7 Å². The molecule has 6 nitrogen and oxygen atoms in total. The fraction of sp³-hybridized carbons (Fsp3) is 0.154. The van der Waals surface area contributed by atoms with Crippen LogP contribution in [0.1, 0.15) is 12.5 Å². The molecule has 1 fully saturated rings. The molecule has 2 N–H and O–H groups in total. The van der Waals surface area contributed by atoms with E-state index in [0.717, 1.165) is 4.90 Å². The second-order valence-corrected chi connectivity index (χ2v) is 5.15. The maximum Gasteiger partial charge on any atom is 0.326 e. The van der Waals surface area contributed by atoms with E-state index in [0.29, 0.717) is 17.3 Å². The third-order valence-electron chi connectivity index (χ3n) is 2.76. The van der Waals surface area contributed by atoms with Gasteiger partial charge in [0.1, 0.15) is 11.8 Å². The summed E-state index contributed by atoms with van der Waals surface area (Å²) in [5, 5.41) is 17.4. The zero-order valence-corrected chi connectivity index (χ0v) is 11.3. The molecule has 0 radical (unpaired) electrons. The number of carboxylic acid groups (broad SMARTS) is 1. The van der Waals surface area contributed by atoms with E-state index >= 15 is 0 Å². The molecule has 1 aromatic rings. The number of phenols is 1. The van der Waals surface area contributed by atoms with Crippen molar-refractivity contribution in [1.82, 2.24) is 4.90 Å². The van der Waals surface area contributed by atoms with Gasteiger partial charge in [0.25, 0.3) is 11.1 Å². The van der Waals surface area contributed by atoms with E-state index in [1.165, 1.54) is 25.1 Å². The van der Waals surface area contributed by atoms with Gasteiger partial charge in [-0.15, -0.1) is 0 Å². The molecule has 1 aromatic carbocycles. The van der Waals surface area contributed by atoms with E-state index in [1.54, 1.807) is 12.1 Å². The molecular formula is C13H11NO5S. The number of benzene rings is 1. The molecule has 0 saturated carbocycles. The molecule has 0 unspecified atom stereocenters. The van der Waals surface area contributed by atoms with Crippen LogP contribution < -0.4 is 0 Å². The molecule has 20 heavy (non-hydrogen) atoms. The smallest absolute Gasteiger partial charge is 0.326 e. The molecule has 1 aliphatic heterocycles. The minimum Gasteiger partial charge on any atom is -0.508 e. The third-order valence-corrected chi connectivity index (χ3v) is 3.64. The second-order valence-electron chi connectivity index (χ2n) is 4.16. The first-order valence-electron chi connectivity index (χ1n) is 5.69. The summed E-state index contributed by atoms with van der Waals surface area (Å²) >= 11 is 0.699. The van der Waals surface area contributed by atoms with Crippen LogP contribution in [0.15, 0.2) is 29.2 Å². The Bertz CT molecular complexity index is 608. The number of hydrogen-bond acceptors (Lipinski definition) is 5. The number of amides is 2. The Balaban J connectivity index is 2.28. The summed E-state index contributed by atoms with van der Waals surface area (Å²) in [4.78, 5) is 35.5. The van der Waals surface area contributed by atoms with Gasteiger partial charge in [0.05, 0.1) is 4.91 Å². The molecular weight excluding hydrogens is 282 g/mol. The van der Waals surface area contributed by atoms with Crippen LogP contribution in [0.25, 0.3) is 6.08 Å². The lowest BCUT2D eigenvalue weighted by Gasteiger charge is -2.16. The standard InChI is InChI=1S/C13H11NO5S/c1-7(12(17)18)14-11(16)10(20-13(14)19)6-8-2-4-9(15)5-3-8/h2-7,15H,1H3,(H,17,18)/b10-6+/t7-/m0/s1. The average molecular weight is 293 g/mol. The lowest BCUT2D eigenvalue weighted by molar-refractivity contribution is -0.145. The van der Waals surface area contributed by atoms with E-state index < -0.39 is 23.2 Å². The molecule has 1 heterocycles. The summed E-state index contributed by atoms with van der Waals surface area (Å²) in [5.74, 6) is -1.77. The predicted octanol–water partition coefficient (Wildman–Crippen LogP) is 1.90. The van der Waals surface area contributed by atoms with E-state index in [2.05, 4.69) is 0 Å². The van der Waals surface area contributed by atoms with Crippen LogP contribution in [0.5, 0.6) is 5.75 Å². The van der Waals surface area contributed by atoms with Crippen molar-refractivity contribution in [3.05, 3.63) is 34.7 Å².